The molecular formula is C13H26O6. The standard InChI is InChI=1S/C13H26O6/c1-2-3-4-5-6-7-18-13-12(17)11(16)10(15)9(8-14)19-13/h9-17H,2-8H2,1H3. The maximum atomic E-state index is 9.72. The topological polar surface area (TPSA) is 99.4 Å². The molecule has 6 heteroatoms. The van der Waals surface area contributed by atoms with E-state index in [0.717, 1.165) is 19.3 Å². The Bertz CT molecular complexity index is 235. The van der Waals surface area contributed by atoms with Crippen LogP contribution in [0, 0.1) is 0 Å². The van der Waals surface area contributed by atoms with Gasteiger partial charge in [-0.05, 0) is 6.42 Å². The molecule has 19 heavy (non-hydrogen) atoms. The van der Waals surface area contributed by atoms with Gasteiger partial charge in [0.05, 0.1) is 6.61 Å². The maximum Gasteiger partial charge on any atom is 0.186 e. The third-order valence-corrected chi connectivity index (χ3v) is 3.38. The summed E-state index contributed by atoms with van der Waals surface area (Å²) in [4.78, 5) is 0. The lowest BCUT2D eigenvalue weighted by Gasteiger charge is -2.39. The summed E-state index contributed by atoms with van der Waals surface area (Å²) < 4.78 is 10.6. The minimum absolute atomic E-state index is 0.423. The molecule has 4 N–H and O–H groups in total. The van der Waals surface area contributed by atoms with Crippen LogP contribution in [0.25, 0.3) is 0 Å². The highest BCUT2D eigenvalue weighted by molar-refractivity contribution is 4.88. The average Bonchev–Trinajstić information content (AvgIpc) is 2.42. The highest BCUT2D eigenvalue weighted by Gasteiger charge is 2.43. The van der Waals surface area contributed by atoms with E-state index in [1.807, 2.05) is 0 Å². The van der Waals surface area contributed by atoms with Crippen LogP contribution in [0.5, 0.6) is 0 Å². The largest absolute Gasteiger partial charge is 0.394 e. The Balaban J connectivity index is 2.28. The lowest BCUT2D eigenvalue weighted by atomic mass is 9.99. The van der Waals surface area contributed by atoms with Gasteiger partial charge in [-0.25, -0.2) is 0 Å². The van der Waals surface area contributed by atoms with Crippen molar-refractivity contribution in [2.45, 2.75) is 69.7 Å². The van der Waals surface area contributed by atoms with E-state index in [0.29, 0.717) is 6.61 Å². The van der Waals surface area contributed by atoms with Crippen molar-refractivity contribution >= 4 is 0 Å². The Kier molecular flexibility index (Phi) is 7.82. The number of aliphatic hydroxyl groups excluding tert-OH is 4. The average molecular weight is 278 g/mol. The number of rotatable bonds is 8. The van der Waals surface area contributed by atoms with E-state index in [9.17, 15) is 15.3 Å². The summed E-state index contributed by atoms with van der Waals surface area (Å²) in [5.41, 5.74) is 0. The van der Waals surface area contributed by atoms with Crippen molar-refractivity contribution in [1.82, 2.24) is 0 Å². The fourth-order valence-corrected chi connectivity index (χ4v) is 2.11. The first-order chi connectivity index (χ1) is 9.11. The number of unbranched alkanes of at least 4 members (excludes halogenated alkanes) is 4. The van der Waals surface area contributed by atoms with Gasteiger partial charge >= 0.3 is 0 Å². The van der Waals surface area contributed by atoms with Gasteiger partial charge in [0.25, 0.3) is 0 Å². The van der Waals surface area contributed by atoms with Crippen molar-refractivity contribution in [3.05, 3.63) is 0 Å². The van der Waals surface area contributed by atoms with E-state index in [-0.39, 0.29) is 0 Å². The summed E-state index contributed by atoms with van der Waals surface area (Å²) >= 11 is 0. The molecule has 1 rings (SSSR count). The van der Waals surface area contributed by atoms with Crippen LogP contribution >= 0.6 is 0 Å². The Morgan fingerprint density at radius 1 is 0.947 bits per heavy atom. The molecule has 0 saturated carbocycles. The van der Waals surface area contributed by atoms with Gasteiger partial charge in [-0.1, -0.05) is 32.6 Å². The van der Waals surface area contributed by atoms with Gasteiger partial charge in [0.15, 0.2) is 6.29 Å². The Hall–Kier alpha value is -0.240. The summed E-state index contributed by atoms with van der Waals surface area (Å²) in [6, 6.07) is 0. The summed E-state index contributed by atoms with van der Waals surface area (Å²) in [5, 5.41) is 37.9. The monoisotopic (exact) mass is 278 g/mol. The molecule has 1 aliphatic rings. The van der Waals surface area contributed by atoms with E-state index in [1.165, 1.54) is 12.8 Å². The van der Waals surface area contributed by atoms with Gasteiger partial charge in [0, 0.05) is 6.61 Å². The number of hydrogen-bond donors (Lipinski definition) is 4. The second-order valence-electron chi connectivity index (χ2n) is 4.98. The SMILES string of the molecule is CCCCCCCOC1OC(CO)C(O)C(O)C1O. The molecule has 0 aromatic rings. The van der Waals surface area contributed by atoms with Crippen LogP contribution in [0.1, 0.15) is 39.0 Å². The zero-order valence-electron chi connectivity index (χ0n) is 11.4. The lowest BCUT2D eigenvalue weighted by Crippen LogP contribution is -2.59. The van der Waals surface area contributed by atoms with Crippen LogP contribution in [-0.2, 0) is 9.47 Å². The molecule has 0 aliphatic carbocycles. The molecule has 6 nitrogen and oxygen atoms in total. The molecule has 1 fully saturated rings. The first-order valence-electron chi connectivity index (χ1n) is 7.04. The molecule has 1 heterocycles. The molecular weight excluding hydrogens is 252 g/mol. The molecule has 0 aromatic heterocycles. The van der Waals surface area contributed by atoms with Gasteiger partial charge in [0.1, 0.15) is 24.4 Å². The van der Waals surface area contributed by atoms with Crippen LogP contribution in [0.15, 0.2) is 0 Å². The predicted molar refractivity (Wildman–Crippen MR) is 68.5 cm³/mol. The minimum atomic E-state index is -1.36. The van der Waals surface area contributed by atoms with Crippen LogP contribution in [0.3, 0.4) is 0 Å². The van der Waals surface area contributed by atoms with Crippen molar-refractivity contribution in [2.75, 3.05) is 13.2 Å². The van der Waals surface area contributed by atoms with Crippen LogP contribution in [0.4, 0.5) is 0 Å². The summed E-state index contributed by atoms with van der Waals surface area (Å²) in [6.07, 6.45) is -0.471. The molecule has 1 aliphatic heterocycles. The second kappa shape index (κ2) is 8.84. The van der Waals surface area contributed by atoms with Crippen LogP contribution in [-0.4, -0.2) is 64.3 Å². The molecule has 0 spiro atoms. The predicted octanol–water partition coefficient (Wildman–Crippen LogP) is -0.227. The Labute approximate surface area is 114 Å². The summed E-state index contributed by atoms with van der Waals surface area (Å²) in [7, 11) is 0. The van der Waals surface area contributed by atoms with Gasteiger partial charge in [-0.3, -0.25) is 0 Å². The summed E-state index contributed by atoms with van der Waals surface area (Å²) in [5.74, 6) is 0. The molecule has 0 amide bonds. The van der Waals surface area contributed by atoms with Crippen molar-refractivity contribution in [1.29, 1.82) is 0 Å². The molecule has 1 saturated heterocycles. The molecule has 5 atom stereocenters. The quantitative estimate of drug-likeness (QED) is 0.458. The highest BCUT2D eigenvalue weighted by atomic mass is 16.7. The fourth-order valence-electron chi connectivity index (χ4n) is 2.11. The molecule has 0 radical (unpaired) electrons. The van der Waals surface area contributed by atoms with E-state index in [2.05, 4.69) is 6.92 Å². The zero-order valence-corrected chi connectivity index (χ0v) is 11.4. The molecule has 5 unspecified atom stereocenters. The fraction of sp³-hybridized carbons (Fsp3) is 1.00. The highest BCUT2D eigenvalue weighted by Crippen LogP contribution is 2.22. The van der Waals surface area contributed by atoms with Crippen LogP contribution < -0.4 is 0 Å². The van der Waals surface area contributed by atoms with Gasteiger partial charge in [0.2, 0.25) is 0 Å². The smallest absolute Gasteiger partial charge is 0.186 e. The third kappa shape index (κ3) is 4.98. The van der Waals surface area contributed by atoms with Crippen LogP contribution in [0.2, 0.25) is 0 Å². The normalized spacial score (nSPS) is 35.5. The van der Waals surface area contributed by atoms with E-state index >= 15 is 0 Å². The Morgan fingerprint density at radius 2 is 1.63 bits per heavy atom. The van der Waals surface area contributed by atoms with Gasteiger partial charge in [-0.15, -0.1) is 0 Å². The number of aliphatic hydroxyl groups is 4. The van der Waals surface area contributed by atoms with E-state index in [1.54, 1.807) is 0 Å². The minimum Gasteiger partial charge on any atom is -0.394 e. The van der Waals surface area contributed by atoms with Crippen molar-refractivity contribution in [3.63, 3.8) is 0 Å². The van der Waals surface area contributed by atoms with Crippen molar-refractivity contribution < 1.29 is 29.9 Å². The Morgan fingerprint density at radius 3 is 2.26 bits per heavy atom. The van der Waals surface area contributed by atoms with Crippen molar-refractivity contribution in [2.24, 2.45) is 0 Å². The first-order valence-corrected chi connectivity index (χ1v) is 7.04. The van der Waals surface area contributed by atoms with Gasteiger partial charge in [-0.2, -0.15) is 0 Å². The summed E-state index contributed by atoms with van der Waals surface area (Å²) in [6.45, 7) is 2.14. The first kappa shape index (κ1) is 16.8. The zero-order chi connectivity index (χ0) is 14.3. The molecule has 0 aromatic carbocycles. The van der Waals surface area contributed by atoms with Crippen molar-refractivity contribution in [3.8, 4) is 0 Å². The molecule has 114 valence electrons. The van der Waals surface area contributed by atoms with E-state index in [4.69, 9.17) is 14.6 Å². The van der Waals surface area contributed by atoms with E-state index < -0.39 is 37.3 Å². The maximum absolute atomic E-state index is 9.72. The number of ether oxygens (including phenoxy) is 2. The second-order valence-corrected chi connectivity index (χ2v) is 4.98. The lowest BCUT2D eigenvalue weighted by molar-refractivity contribution is -0.301. The van der Waals surface area contributed by atoms with Gasteiger partial charge < -0.3 is 29.9 Å². The third-order valence-electron chi connectivity index (χ3n) is 3.38. The number of hydrogen-bond acceptors (Lipinski definition) is 6. The molecule has 0 bridgehead atoms.